The Morgan fingerprint density at radius 2 is 1.85 bits per heavy atom. The van der Waals surface area contributed by atoms with E-state index in [1.807, 2.05) is 7.05 Å². The predicted octanol–water partition coefficient (Wildman–Crippen LogP) is 2.14. The number of carbonyl (C=O) groups excluding carboxylic acids is 1. The Balaban J connectivity index is 2.26. The molecule has 1 aliphatic rings. The molecule has 2 heteroatoms. The Bertz CT molecular complexity index is 148. The van der Waals surface area contributed by atoms with Gasteiger partial charge in [0.15, 0.2) is 0 Å². The molecule has 0 aliphatic heterocycles. The molecular formula is C11H21NO. The monoisotopic (exact) mass is 183 g/mol. The fraction of sp³-hybridized carbons (Fsp3) is 0.909. The van der Waals surface area contributed by atoms with Gasteiger partial charge in [-0.2, -0.15) is 0 Å². The lowest BCUT2D eigenvalue weighted by Gasteiger charge is -2.11. The topological polar surface area (TPSA) is 29.1 Å². The molecule has 13 heavy (non-hydrogen) atoms. The minimum atomic E-state index is 0.385. The van der Waals surface area contributed by atoms with Crippen LogP contribution in [0.2, 0.25) is 0 Å². The van der Waals surface area contributed by atoms with E-state index in [9.17, 15) is 4.79 Å². The average Bonchev–Trinajstić information content (AvgIpc) is 2.42. The van der Waals surface area contributed by atoms with E-state index in [0.717, 1.165) is 25.8 Å². The second kappa shape index (κ2) is 6.14. The van der Waals surface area contributed by atoms with Crippen LogP contribution in [0.5, 0.6) is 0 Å². The molecule has 1 saturated carbocycles. The van der Waals surface area contributed by atoms with Crippen LogP contribution >= 0.6 is 0 Å². The minimum Gasteiger partial charge on any atom is -0.319 e. The molecule has 0 aromatic heterocycles. The third-order valence-electron chi connectivity index (χ3n) is 2.93. The predicted molar refractivity (Wildman–Crippen MR) is 54.7 cm³/mol. The van der Waals surface area contributed by atoms with Gasteiger partial charge in [-0.05, 0) is 19.9 Å². The number of nitrogens with one attached hydrogen (secondary N) is 1. The van der Waals surface area contributed by atoms with Crippen molar-refractivity contribution in [2.75, 3.05) is 13.6 Å². The molecule has 0 aromatic rings. The number of carbonyl (C=O) groups is 1. The van der Waals surface area contributed by atoms with Crippen molar-refractivity contribution in [2.24, 2.45) is 5.92 Å². The molecule has 1 fully saturated rings. The van der Waals surface area contributed by atoms with E-state index in [0.29, 0.717) is 11.7 Å². The van der Waals surface area contributed by atoms with E-state index in [1.54, 1.807) is 0 Å². The largest absolute Gasteiger partial charge is 0.319 e. The van der Waals surface area contributed by atoms with E-state index >= 15 is 0 Å². The summed E-state index contributed by atoms with van der Waals surface area (Å²) in [6.07, 6.45) is 8.18. The summed E-state index contributed by atoms with van der Waals surface area (Å²) in [5.41, 5.74) is 0. The van der Waals surface area contributed by atoms with Crippen LogP contribution in [-0.2, 0) is 4.79 Å². The highest BCUT2D eigenvalue weighted by atomic mass is 16.1. The fourth-order valence-electron chi connectivity index (χ4n) is 2.05. The molecule has 1 rings (SSSR count). The number of hydrogen-bond acceptors (Lipinski definition) is 2. The maximum atomic E-state index is 11.7. The quantitative estimate of drug-likeness (QED) is 0.676. The van der Waals surface area contributed by atoms with E-state index in [1.165, 1.54) is 25.7 Å². The molecule has 76 valence electrons. The van der Waals surface area contributed by atoms with Gasteiger partial charge in [-0.25, -0.2) is 0 Å². The lowest BCUT2D eigenvalue weighted by Crippen LogP contribution is -2.19. The molecule has 0 radical (unpaired) electrons. The Hall–Kier alpha value is -0.370. The molecule has 0 heterocycles. The fourth-order valence-corrected chi connectivity index (χ4v) is 2.05. The zero-order chi connectivity index (χ0) is 9.52. The van der Waals surface area contributed by atoms with Crippen molar-refractivity contribution in [2.45, 2.75) is 44.9 Å². The van der Waals surface area contributed by atoms with Gasteiger partial charge in [-0.3, -0.25) is 4.79 Å². The molecule has 0 bridgehead atoms. The van der Waals surface area contributed by atoms with Crippen LogP contribution in [0.4, 0.5) is 0 Å². The molecule has 1 N–H and O–H groups in total. The first kappa shape index (κ1) is 10.7. The van der Waals surface area contributed by atoms with Gasteiger partial charge >= 0.3 is 0 Å². The van der Waals surface area contributed by atoms with E-state index in [4.69, 9.17) is 0 Å². The summed E-state index contributed by atoms with van der Waals surface area (Å²) in [6.45, 7) is 0.843. The van der Waals surface area contributed by atoms with E-state index in [2.05, 4.69) is 5.32 Å². The van der Waals surface area contributed by atoms with Crippen molar-refractivity contribution >= 4 is 5.78 Å². The number of Topliss-reactive ketones (excluding diaryl/α,β-unsaturated/α-hetero) is 1. The van der Waals surface area contributed by atoms with Gasteiger partial charge < -0.3 is 5.32 Å². The van der Waals surface area contributed by atoms with Crippen LogP contribution < -0.4 is 5.32 Å². The van der Waals surface area contributed by atoms with Crippen LogP contribution in [0.3, 0.4) is 0 Å². The molecule has 0 amide bonds. The summed E-state index contributed by atoms with van der Waals surface area (Å²) in [4.78, 5) is 11.7. The number of ketones is 1. The van der Waals surface area contributed by atoms with Crippen molar-refractivity contribution in [1.29, 1.82) is 0 Å². The SMILES string of the molecule is CNCCC(=O)C1CCCCCC1. The van der Waals surface area contributed by atoms with Crippen molar-refractivity contribution in [3.8, 4) is 0 Å². The molecule has 0 atom stereocenters. The van der Waals surface area contributed by atoms with Crippen LogP contribution in [0, 0.1) is 5.92 Å². The zero-order valence-corrected chi connectivity index (χ0v) is 8.64. The molecule has 0 aromatic carbocycles. The third-order valence-corrected chi connectivity index (χ3v) is 2.93. The van der Waals surface area contributed by atoms with Crippen molar-refractivity contribution in [1.82, 2.24) is 5.32 Å². The summed E-state index contributed by atoms with van der Waals surface area (Å²) in [6, 6.07) is 0. The van der Waals surface area contributed by atoms with Crippen LogP contribution in [-0.4, -0.2) is 19.4 Å². The van der Waals surface area contributed by atoms with Crippen LogP contribution in [0.15, 0.2) is 0 Å². The highest BCUT2D eigenvalue weighted by Crippen LogP contribution is 2.24. The summed E-state index contributed by atoms with van der Waals surface area (Å²) >= 11 is 0. The molecule has 2 nitrogen and oxygen atoms in total. The first-order chi connectivity index (χ1) is 6.34. The van der Waals surface area contributed by atoms with Gasteiger partial charge in [0, 0.05) is 18.9 Å². The lowest BCUT2D eigenvalue weighted by molar-refractivity contribution is -0.123. The maximum absolute atomic E-state index is 11.7. The van der Waals surface area contributed by atoms with Crippen LogP contribution in [0.1, 0.15) is 44.9 Å². The first-order valence-electron chi connectivity index (χ1n) is 5.52. The highest BCUT2D eigenvalue weighted by molar-refractivity contribution is 5.81. The average molecular weight is 183 g/mol. The van der Waals surface area contributed by atoms with Crippen molar-refractivity contribution < 1.29 is 4.79 Å². The molecule has 0 spiro atoms. The van der Waals surface area contributed by atoms with Gasteiger partial charge in [0.05, 0.1) is 0 Å². The van der Waals surface area contributed by atoms with E-state index in [-0.39, 0.29) is 0 Å². The summed E-state index contributed by atoms with van der Waals surface area (Å²) < 4.78 is 0. The first-order valence-corrected chi connectivity index (χ1v) is 5.52. The summed E-state index contributed by atoms with van der Waals surface area (Å²) in [5.74, 6) is 0.868. The third kappa shape index (κ3) is 3.90. The minimum absolute atomic E-state index is 0.385. The van der Waals surface area contributed by atoms with Crippen LogP contribution in [0.25, 0.3) is 0 Å². The van der Waals surface area contributed by atoms with Crippen molar-refractivity contribution in [3.63, 3.8) is 0 Å². The van der Waals surface area contributed by atoms with E-state index < -0.39 is 0 Å². The summed E-state index contributed by atoms with van der Waals surface area (Å²) in [7, 11) is 1.90. The number of rotatable bonds is 4. The normalized spacial score (nSPS) is 19.8. The second-order valence-corrected chi connectivity index (χ2v) is 4.01. The summed E-state index contributed by atoms with van der Waals surface area (Å²) in [5, 5.41) is 3.03. The van der Waals surface area contributed by atoms with Gasteiger partial charge in [0.25, 0.3) is 0 Å². The Kier molecular flexibility index (Phi) is 5.06. The van der Waals surface area contributed by atoms with Gasteiger partial charge in [-0.1, -0.05) is 25.7 Å². The smallest absolute Gasteiger partial charge is 0.137 e. The Morgan fingerprint density at radius 3 is 2.38 bits per heavy atom. The highest BCUT2D eigenvalue weighted by Gasteiger charge is 2.18. The standard InChI is InChI=1S/C11H21NO/c1-12-9-8-11(13)10-6-4-2-3-5-7-10/h10,12H,2-9H2,1H3. The molecule has 0 saturated heterocycles. The maximum Gasteiger partial charge on any atom is 0.137 e. The van der Waals surface area contributed by atoms with Crippen molar-refractivity contribution in [3.05, 3.63) is 0 Å². The van der Waals surface area contributed by atoms with Gasteiger partial charge in [-0.15, -0.1) is 0 Å². The molecule has 0 unspecified atom stereocenters. The molecular weight excluding hydrogens is 162 g/mol. The van der Waals surface area contributed by atoms with Gasteiger partial charge in [0.2, 0.25) is 0 Å². The zero-order valence-electron chi connectivity index (χ0n) is 8.64. The molecule has 1 aliphatic carbocycles. The Labute approximate surface area is 81.1 Å². The Morgan fingerprint density at radius 1 is 1.23 bits per heavy atom. The van der Waals surface area contributed by atoms with Gasteiger partial charge in [0.1, 0.15) is 5.78 Å². The number of hydrogen-bond donors (Lipinski definition) is 1. The lowest BCUT2D eigenvalue weighted by atomic mass is 9.94. The second-order valence-electron chi connectivity index (χ2n) is 4.01.